The lowest BCUT2D eigenvalue weighted by Crippen LogP contribution is -2.15. The number of nitrogen functional groups attached to an aromatic ring is 1. The van der Waals surface area contributed by atoms with E-state index in [1.54, 1.807) is 21.1 Å². The summed E-state index contributed by atoms with van der Waals surface area (Å²) in [5.74, 6) is 3.66. The van der Waals surface area contributed by atoms with Crippen LogP contribution in [0.25, 0.3) is 0 Å². The van der Waals surface area contributed by atoms with Crippen LogP contribution < -0.4 is 60.6 Å². The summed E-state index contributed by atoms with van der Waals surface area (Å²) in [6.07, 6.45) is 18.7. The number of nitrogens with one attached hydrogen (secondary N) is 6. The summed E-state index contributed by atoms with van der Waals surface area (Å²) in [6, 6.07) is 36.4. The first kappa shape index (κ1) is 116. The Bertz CT molecular complexity index is 3290. The number of hydrogen-bond donors (Lipinski definition) is 11. The monoisotopic (exact) mass is 1740 g/mol. The standard InChI is InChI=1S/2C8H9Cl.C8H15N5S.C7H14N6S.C7H13N5S.2C7H8.C5H7ClN4S.C4H3Cl2N3S.4C3H8.C2H8N2.CH5N/c2*1-2-7-3-5-8(9)6-4-7;1-4-5-10-7-11-6(9-2)12-8(13-7)14-3;1-9-5-11-6(10-4-3-8)13-7(12-5)14-2;1-3-4-9-6-10-5(8)11-7(12-6)13-2;2*1-7-5-3-2-4-6-7;1-7-4-8-3(6)9-5(10-4)11-2;1-10-4-8-2(5)7-3(6)9-4;4*1-3-2;3-1-2-4;1-2/h2*3-6H,2H2,1H3;4-5H2,1-3H3,(H2,9,10,11,12,13);3-4,8H2,1-2H3,(H2,9,10,11,12,13);3-4H2,1-2H3,(H3,8,9,10,11,12);2*2-6H,1H3;1-2H3,(H,7,8,9,10);1H3;4*3H2,1-2H3;1-4H2;2H2,1H3. The summed E-state index contributed by atoms with van der Waals surface area (Å²) in [5, 5.41) is 23.0. The molecule has 0 saturated carbocycles. The highest BCUT2D eigenvalue weighted by Crippen LogP contribution is 2.18. The van der Waals surface area contributed by atoms with Gasteiger partial charge in [-0.15, -0.1) is 0 Å². The first-order chi connectivity index (χ1) is 53.8. The predicted octanol–water partition coefficient (Wildman–Crippen LogP) is 19.6. The lowest BCUT2D eigenvalue weighted by atomic mass is 10.2. The molecule has 0 unspecified atom stereocenters. The van der Waals surface area contributed by atoms with Crippen LogP contribution in [0.5, 0.6) is 0 Å². The van der Waals surface area contributed by atoms with Crippen LogP contribution in [0.15, 0.2) is 135 Å². The first-order valence-corrected chi connectivity index (χ1v) is 44.5. The van der Waals surface area contributed by atoms with E-state index in [2.05, 4.69) is 234 Å². The fourth-order valence-electron chi connectivity index (χ4n) is 5.92. The van der Waals surface area contributed by atoms with E-state index < -0.39 is 0 Å². The molecule has 0 aliphatic rings. The van der Waals surface area contributed by atoms with Crippen LogP contribution in [0.3, 0.4) is 0 Å². The Kier molecular flexibility index (Phi) is 88.8. The molecule has 630 valence electrons. The molecule has 0 atom stereocenters. The van der Waals surface area contributed by atoms with E-state index >= 15 is 0 Å². The van der Waals surface area contributed by atoms with E-state index in [9.17, 15) is 0 Å². The highest BCUT2D eigenvalue weighted by Gasteiger charge is 2.07. The molecule has 0 amide bonds. The number of benzene rings is 4. The van der Waals surface area contributed by atoms with Crippen molar-refractivity contribution in [2.75, 3.05) is 136 Å². The summed E-state index contributed by atoms with van der Waals surface area (Å²) < 4.78 is 0. The smallest absolute Gasteiger partial charge is 0.228 e. The van der Waals surface area contributed by atoms with Gasteiger partial charge >= 0.3 is 0 Å². The van der Waals surface area contributed by atoms with Crippen LogP contribution >= 0.6 is 117 Å². The van der Waals surface area contributed by atoms with Gasteiger partial charge in [0.2, 0.25) is 57.5 Å². The molecule has 112 heavy (non-hydrogen) atoms. The maximum atomic E-state index is 5.67. The van der Waals surface area contributed by atoms with E-state index in [0.29, 0.717) is 82.5 Å². The molecular formula is C76H131Cl5N26S5. The molecule has 5 aromatic heterocycles. The molecule has 5 heterocycles. The van der Waals surface area contributed by atoms with Gasteiger partial charge in [0.1, 0.15) is 0 Å². The molecule has 0 spiro atoms. The maximum Gasteiger partial charge on any atom is 0.228 e. The average molecular weight is 1750 g/mol. The van der Waals surface area contributed by atoms with Gasteiger partial charge in [-0.2, -0.15) is 74.8 Å². The van der Waals surface area contributed by atoms with E-state index in [1.807, 2.05) is 116 Å². The summed E-state index contributed by atoms with van der Waals surface area (Å²) >= 11 is 35.1. The fourth-order valence-corrected chi connectivity index (χ4v) is 8.63. The summed E-state index contributed by atoms with van der Waals surface area (Å²) in [4.78, 5) is 59.9. The SMILES string of the molecule is CCC.CCC.CCC.CCC.CCCNc1nc(N)nc(SC)n1.CCCNc1nc(NC)nc(SC)n1.CCc1ccc(Cl)cc1.CCc1ccc(Cl)cc1.CN.CNc1nc(Cl)nc(SC)n1.CNc1nc(NCCN)nc(SC)n1.CSc1nc(Cl)nc(Cl)n1.Cc1ccccc1.Cc1ccccc1.NCCN. The van der Waals surface area contributed by atoms with E-state index in [-0.39, 0.29) is 21.8 Å². The van der Waals surface area contributed by atoms with Crippen molar-refractivity contribution in [2.24, 2.45) is 22.9 Å². The molecule has 9 rings (SSSR count). The van der Waals surface area contributed by atoms with E-state index in [1.165, 1.54) is 114 Å². The zero-order valence-electron chi connectivity index (χ0n) is 70.3. The normalized spacial score (nSPS) is 9.07. The minimum absolute atomic E-state index is 0.129. The van der Waals surface area contributed by atoms with Crippen molar-refractivity contribution in [3.05, 3.63) is 157 Å². The molecule has 4 aromatic carbocycles. The maximum absolute atomic E-state index is 5.67. The third-order valence-electron chi connectivity index (χ3n) is 10.8. The molecule has 0 fully saturated rings. The number of nitrogens with zero attached hydrogens (tertiary/aromatic N) is 15. The molecule has 26 nitrogen and oxygen atoms in total. The zero-order valence-corrected chi connectivity index (χ0v) is 78.2. The Morgan fingerprint density at radius 3 is 0.830 bits per heavy atom. The number of nitrogens with two attached hydrogens (primary N) is 5. The van der Waals surface area contributed by atoms with Gasteiger partial charge in [0.15, 0.2) is 25.8 Å². The van der Waals surface area contributed by atoms with E-state index in [0.717, 1.165) is 54.0 Å². The Morgan fingerprint density at radius 2 is 0.571 bits per heavy atom. The zero-order chi connectivity index (χ0) is 86.1. The molecular weight excluding hydrogens is 1610 g/mol. The quantitative estimate of drug-likeness (QED) is 0.0316. The average Bonchev–Trinajstić information content (AvgIpc) is 0.882. The molecule has 16 N–H and O–H groups in total. The van der Waals surface area contributed by atoms with Gasteiger partial charge in [-0.25, -0.2) is 0 Å². The van der Waals surface area contributed by atoms with Gasteiger partial charge in [-0.1, -0.05) is 287 Å². The Labute approximate surface area is 718 Å². The lowest BCUT2D eigenvalue weighted by Gasteiger charge is -2.05. The number of rotatable bonds is 20. The molecule has 36 heteroatoms. The van der Waals surface area contributed by atoms with Gasteiger partial charge in [0, 0.05) is 70.5 Å². The Hall–Kier alpha value is -6.43. The minimum atomic E-state index is 0.129. The van der Waals surface area contributed by atoms with E-state index in [4.69, 9.17) is 80.9 Å². The number of aryl methyl sites for hydroxylation is 4. The topological polar surface area (TPSA) is 396 Å². The van der Waals surface area contributed by atoms with Crippen LogP contribution in [0, 0.1) is 13.8 Å². The summed E-state index contributed by atoms with van der Waals surface area (Å²) in [5.41, 5.74) is 30.5. The minimum Gasteiger partial charge on any atom is -0.368 e. The highest BCUT2D eigenvalue weighted by molar-refractivity contribution is 7.99. The number of aromatic nitrogens is 15. The van der Waals surface area contributed by atoms with Gasteiger partial charge in [0.25, 0.3) is 0 Å². The van der Waals surface area contributed by atoms with Crippen molar-refractivity contribution in [1.29, 1.82) is 0 Å². The Balaban J connectivity index is -0.000000276. The highest BCUT2D eigenvalue weighted by atomic mass is 35.5. The van der Waals surface area contributed by atoms with Gasteiger partial charge in [-0.3, -0.25) is 0 Å². The number of hydrogen-bond acceptors (Lipinski definition) is 31. The van der Waals surface area contributed by atoms with Crippen LogP contribution in [0.4, 0.5) is 41.6 Å². The number of thioether (sulfide) groups is 5. The largest absolute Gasteiger partial charge is 0.368 e. The van der Waals surface area contributed by atoms with Crippen LogP contribution in [0.2, 0.25) is 25.9 Å². The third-order valence-corrected chi connectivity index (χ3v) is 14.5. The second-order valence-corrected chi connectivity index (χ2v) is 27.0. The number of halogens is 5. The van der Waals surface area contributed by atoms with Crippen LogP contribution in [0.1, 0.15) is 144 Å². The van der Waals surface area contributed by atoms with Crippen molar-refractivity contribution in [3.8, 4) is 0 Å². The first-order valence-electron chi connectivity index (χ1n) is 36.5. The van der Waals surface area contributed by atoms with Crippen molar-refractivity contribution < 1.29 is 0 Å². The molecule has 0 bridgehead atoms. The summed E-state index contributed by atoms with van der Waals surface area (Å²) in [7, 11) is 6.80. The lowest BCUT2D eigenvalue weighted by molar-refractivity contribution is 0.883. The third kappa shape index (κ3) is 72.5. The fraction of sp³-hybridized carbons (Fsp3) is 0.487. The van der Waals surface area contributed by atoms with Gasteiger partial charge in [0.05, 0.1) is 0 Å². The predicted molar refractivity (Wildman–Crippen MR) is 497 cm³/mol. The van der Waals surface area contributed by atoms with Crippen molar-refractivity contribution >= 4 is 158 Å². The molecule has 0 aliphatic carbocycles. The van der Waals surface area contributed by atoms with Crippen molar-refractivity contribution in [3.63, 3.8) is 0 Å². The van der Waals surface area contributed by atoms with Crippen molar-refractivity contribution in [2.45, 2.75) is 174 Å². The van der Waals surface area contributed by atoms with Gasteiger partial charge in [-0.05, 0) is 148 Å². The molecule has 0 radical (unpaired) electrons. The molecule has 9 aromatic rings. The van der Waals surface area contributed by atoms with Crippen molar-refractivity contribution in [1.82, 2.24) is 74.8 Å². The Morgan fingerprint density at radius 1 is 0.312 bits per heavy atom. The van der Waals surface area contributed by atoms with Gasteiger partial charge < -0.3 is 60.6 Å². The second-order valence-electron chi connectivity index (χ2n) is 21.2. The van der Waals surface area contributed by atoms with Crippen LogP contribution in [-0.4, -0.2) is 173 Å². The van der Waals surface area contributed by atoms with Crippen LogP contribution in [-0.2, 0) is 12.8 Å². The molecule has 0 saturated heterocycles. The number of anilines is 7. The second kappa shape index (κ2) is 85.5. The molecule has 0 aliphatic heterocycles. The summed E-state index contributed by atoms with van der Waals surface area (Å²) in [6.45, 7) is 33.7.